The van der Waals surface area contributed by atoms with Crippen molar-refractivity contribution in [3.05, 3.63) is 46.0 Å². The van der Waals surface area contributed by atoms with E-state index < -0.39 is 5.25 Å². The lowest BCUT2D eigenvalue weighted by Gasteiger charge is -2.14. The van der Waals surface area contributed by atoms with E-state index in [1.807, 2.05) is 6.92 Å². The average molecular weight is 364 g/mol. The van der Waals surface area contributed by atoms with Gasteiger partial charge in [-0.2, -0.15) is 0 Å². The predicted molar refractivity (Wildman–Crippen MR) is 94.5 cm³/mol. The zero-order valence-corrected chi connectivity index (χ0v) is 14.2. The minimum atomic E-state index is -0.403. The van der Waals surface area contributed by atoms with Crippen LogP contribution in [0.5, 0.6) is 0 Å². The molecule has 0 fully saturated rings. The summed E-state index contributed by atoms with van der Waals surface area (Å²) in [4.78, 5) is 38.0. The van der Waals surface area contributed by atoms with Crippen molar-refractivity contribution in [1.29, 1.82) is 0 Å². The maximum atomic E-state index is 12.4. The molecule has 0 saturated heterocycles. The molecule has 3 N–H and O–H groups in total. The number of fused-ring (bicyclic) bond motifs is 1. The van der Waals surface area contributed by atoms with E-state index in [4.69, 9.17) is 11.6 Å². The second-order valence-electron chi connectivity index (χ2n) is 4.98. The van der Waals surface area contributed by atoms with Gasteiger partial charge in [-0.1, -0.05) is 30.3 Å². The molecule has 0 aliphatic heterocycles. The summed E-state index contributed by atoms with van der Waals surface area (Å²) in [6.45, 7) is 1.89. The zero-order chi connectivity index (χ0) is 17.1. The van der Waals surface area contributed by atoms with Gasteiger partial charge in [0.2, 0.25) is 5.91 Å². The fourth-order valence-corrected chi connectivity index (χ4v) is 3.11. The van der Waals surface area contributed by atoms with E-state index in [9.17, 15) is 9.59 Å². The molecule has 1 aromatic carbocycles. The van der Waals surface area contributed by atoms with E-state index in [0.717, 1.165) is 0 Å². The van der Waals surface area contributed by atoms with Gasteiger partial charge in [0.05, 0.1) is 11.6 Å². The Balaban J connectivity index is 1.76. The second-order valence-corrected chi connectivity index (χ2v) is 6.61. The normalized spacial score (nSPS) is 12.2. The molecule has 1 amide bonds. The Labute approximate surface area is 146 Å². The van der Waals surface area contributed by atoms with Crippen molar-refractivity contribution in [2.45, 2.75) is 23.8 Å². The molecule has 1 unspecified atom stereocenters. The van der Waals surface area contributed by atoms with Crippen molar-refractivity contribution in [2.75, 3.05) is 5.32 Å². The lowest BCUT2D eigenvalue weighted by atomic mass is 10.3. The monoisotopic (exact) mass is 363 g/mol. The van der Waals surface area contributed by atoms with E-state index >= 15 is 0 Å². The van der Waals surface area contributed by atoms with Gasteiger partial charge in [-0.3, -0.25) is 14.6 Å². The third kappa shape index (κ3) is 3.60. The number of hydrogen-bond donors (Lipinski definition) is 3. The average Bonchev–Trinajstić information content (AvgIpc) is 3.03. The molecule has 1 atom stereocenters. The lowest BCUT2D eigenvalue weighted by Crippen LogP contribution is -2.25. The second kappa shape index (κ2) is 7.06. The summed E-state index contributed by atoms with van der Waals surface area (Å²) in [7, 11) is 0. The highest BCUT2D eigenvalue weighted by molar-refractivity contribution is 8.00. The number of thioether (sulfide) groups is 1. The zero-order valence-electron chi connectivity index (χ0n) is 12.7. The Morgan fingerprint density at radius 1 is 1.38 bits per heavy atom. The summed E-state index contributed by atoms with van der Waals surface area (Å²) in [5.74, 6) is -0.172. The first-order valence-corrected chi connectivity index (χ1v) is 8.49. The quantitative estimate of drug-likeness (QED) is 0.477. The highest BCUT2D eigenvalue weighted by Crippen LogP contribution is 2.24. The smallest absolute Gasteiger partial charge is 0.277 e. The first kappa shape index (κ1) is 16.5. The number of aromatic amines is 2. The number of halogens is 1. The Hall–Kier alpha value is -2.32. The van der Waals surface area contributed by atoms with E-state index in [0.29, 0.717) is 33.5 Å². The van der Waals surface area contributed by atoms with Gasteiger partial charge in [-0.05, 0) is 30.7 Å². The molecule has 0 spiro atoms. The molecule has 0 aliphatic carbocycles. The number of carbonyl (C=O) groups is 1. The molecule has 2 aromatic heterocycles. The van der Waals surface area contributed by atoms with Gasteiger partial charge >= 0.3 is 0 Å². The number of hydrogen-bond acceptors (Lipinski definition) is 5. The third-order valence-corrected chi connectivity index (χ3v) is 4.80. The summed E-state index contributed by atoms with van der Waals surface area (Å²) in [6.07, 6.45) is 1.98. The van der Waals surface area contributed by atoms with Gasteiger partial charge in [-0.15, -0.1) is 0 Å². The molecule has 7 nitrogen and oxygen atoms in total. The summed E-state index contributed by atoms with van der Waals surface area (Å²) in [5.41, 5.74) is 0.993. The van der Waals surface area contributed by atoms with Crippen LogP contribution in [0.4, 0.5) is 5.69 Å². The van der Waals surface area contributed by atoms with Crippen LogP contribution < -0.4 is 10.9 Å². The molecule has 124 valence electrons. The number of rotatable bonds is 5. The number of anilines is 1. The SMILES string of the molecule is CCC(Sc1nc2nc[nH]c2c(=O)[nH]1)C(=O)Nc1ccc(Cl)cc1. The van der Waals surface area contributed by atoms with Gasteiger partial charge in [0, 0.05) is 10.7 Å². The predicted octanol–water partition coefficient (Wildman–Crippen LogP) is 2.81. The molecule has 3 aromatic rings. The van der Waals surface area contributed by atoms with Gasteiger partial charge in [0.1, 0.15) is 0 Å². The van der Waals surface area contributed by atoms with E-state index in [2.05, 4.69) is 25.3 Å². The summed E-state index contributed by atoms with van der Waals surface area (Å²) >= 11 is 7.02. The number of imidazole rings is 1. The highest BCUT2D eigenvalue weighted by atomic mass is 35.5. The van der Waals surface area contributed by atoms with Crippen LogP contribution in [0.25, 0.3) is 11.2 Å². The van der Waals surface area contributed by atoms with Crippen molar-refractivity contribution in [3.8, 4) is 0 Å². The van der Waals surface area contributed by atoms with Crippen LogP contribution in [-0.2, 0) is 4.79 Å². The molecule has 3 rings (SSSR count). The van der Waals surface area contributed by atoms with Crippen molar-refractivity contribution in [3.63, 3.8) is 0 Å². The van der Waals surface area contributed by atoms with Crippen molar-refractivity contribution >= 4 is 46.1 Å². The first-order chi connectivity index (χ1) is 11.6. The molecule has 0 aliphatic rings. The summed E-state index contributed by atoms with van der Waals surface area (Å²) < 4.78 is 0. The molecule has 9 heteroatoms. The highest BCUT2D eigenvalue weighted by Gasteiger charge is 2.20. The Morgan fingerprint density at radius 2 is 2.12 bits per heavy atom. The molecule has 0 bridgehead atoms. The number of H-pyrrole nitrogens is 2. The number of carbonyl (C=O) groups excluding carboxylic acids is 1. The van der Waals surface area contributed by atoms with Crippen molar-refractivity contribution in [1.82, 2.24) is 19.9 Å². The summed E-state index contributed by atoms with van der Waals surface area (Å²) in [5, 5.41) is 3.38. The van der Waals surface area contributed by atoms with Crippen LogP contribution >= 0.6 is 23.4 Å². The van der Waals surface area contributed by atoms with Gasteiger partial charge in [0.25, 0.3) is 5.56 Å². The molecular weight excluding hydrogens is 350 g/mol. The Bertz CT molecular complexity index is 922. The molecule has 2 heterocycles. The van der Waals surface area contributed by atoms with Crippen molar-refractivity contribution in [2.24, 2.45) is 0 Å². The molecular formula is C15H14ClN5O2S. The van der Waals surface area contributed by atoms with Crippen LogP contribution in [-0.4, -0.2) is 31.1 Å². The molecule has 24 heavy (non-hydrogen) atoms. The maximum absolute atomic E-state index is 12.4. The Morgan fingerprint density at radius 3 is 2.83 bits per heavy atom. The minimum absolute atomic E-state index is 0.172. The number of nitrogens with one attached hydrogen (secondary N) is 3. The number of benzene rings is 1. The molecule has 0 radical (unpaired) electrons. The largest absolute Gasteiger partial charge is 0.339 e. The number of aromatic nitrogens is 4. The maximum Gasteiger partial charge on any atom is 0.277 e. The fourth-order valence-electron chi connectivity index (χ4n) is 2.09. The number of nitrogens with zero attached hydrogens (tertiary/aromatic N) is 2. The van der Waals surface area contributed by atoms with Crippen LogP contribution in [0.1, 0.15) is 13.3 Å². The van der Waals surface area contributed by atoms with Crippen LogP contribution in [0.15, 0.2) is 40.5 Å². The van der Waals surface area contributed by atoms with Gasteiger partial charge in [0.15, 0.2) is 16.3 Å². The van der Waals surface area contributed by atoms with Crippen LogP contribution in [0.2, 0.25) is 5.02 Å². The van der Waals surface area contributed by atoms with E-state index in [1.165, 1.54) is 18.1 Å². The van der Waals surface area contributed by atoms with Crippen molar-refractivity contribution < 1.29 is 4.79 Å². The topological polar surface area (TPSA) is 104 Å². The van der Waals surface area contributed by atoms with Gasteiger partial charge < -0.3 is 10.3 Å². The lowest BCUT2D eigenvalue weighted by molar-refractivity contribution is -0.115. The van der Waals surface area contributed by atoms with E-state index in [-0.39, 0.29) is 11.5 Å². The number of amides is 1. The first-order valence-electron chi connectivity index (χ1n) is 7.23. The molecule has 0 saturated carbocycles. The standard InChI is InChI=1S/C15H14ClN5O2S/c1-2-10(13(22)19-9-5-3-8(16)4-6-9)24-15-20-12-11(14(23)21-15)17-7-18-12/h3-7,10H,2H2,1H3,(H,19,22)(H2,17,18,20,21,23). The Kier molecular flexibility index (Phi) is 4.86. The van der Waals surface area contributed by atoms with E-state index in [1.54, 1.807) is 24.3 Å². The van der Waals surface area contributed by atoms with Crippen LogP contribution in [0, 0.1) is 0 Å². The van der Waals surface area contributed by atoms with Gasteiger partial charge in [-0.25, -0.2) is 9.97 Å². The van der Waals surface area contributed by atoms with Crippen LogP contribution in [0.3, 0.4) is 0 Å². The minimum Gasteiger partial charge on any atom is -0.339 e. The fraction of sp³-hybridized carbons (Fsp3) is 0.200. The third-order valence-electron chi connectivity index (χ3n) is 3.30. The summed E-state index contributed by atoms with van der Waals surface area (Å²) in [6, 6.07) is 6.87.